The van der Waals surface area contributed by atoms with Crippen molar-refractivity contribution in [3.8, 4) is 0 Å². The first-order chi connectivity index (χ1) is 4.22. The largest absolute Gasteiger partial charge is 0.456 e. The van der Waals surface area contributed by atoms with Gasteiger partial charge in [-0.1, -0.05) is 0 Å². The van der Waals surface area contributed by atoms with Crippen molar-refractivity contribution in [1.82, 2.24) is 15.4 Å². The molecule has 0 aromatic carbocycles. The van der Waals surface area contributed by atoms with Gasteiger partial charge in [-0.25, -0.2) is 5.10 Å². The minimum absolute atomic E-state index is 0.713. The van der Waals surface area contributed by atoms with Crippen LogP contribution in [0.4, 0.5) is 5.82 Å². The van der Waals surface area contributed by atoms with Gasteiger partial charge in [0.1, 0.15) is 0 Å². The lowest BCUT2D eigenvalue weighted by Gasteiger charge is -1.78. The van der Waals surface area contributed by atoms with Crippen LogP contribution < -0.4 is 5.56 Å². The highest BCUT2D eigenvalue weighted by Crippen LogP contribution is 1.89. The van der Waals surface area contributed by atoms with Gasteiger partial charge < -0.3 is 10.1 Å². The van der Waals surface area contributed by atoms with Crippen molar-refractivity contribution in [3.63, 3.8) is 0 Å². The van der Waals surface area contributed by atoms with Crippen LogP contribution in [0.1, 0.15) is 0 Å². The van der Waals surface area contributed by atoms with Crippen LogP contribution in [0, 0.1) is 10.1 Å². The number of hydrogen-bond acceptors (Lipinski definition) is 4. The SMILES string of the molecule is O=c1[nH][nH]nc1[N+](=O)[O-]. The third kappa shape index (κ3) is 0.784. The van der Waals surface area contributed by atoms with Crippen LogP contribution in [-0.2, 0) is 0 Å². The van der Waals surface area contributed by atoms with Crippen molar-refractivity contribution in [3.05, 3.63) is 20.5 Å². The lowest BCUT2D eigenvalue weighted by molar-refractivity contribution is -0.390. The molecule has 0 amide bonds. The summed E-state index contributed by atoms with van der Waals surface area (Å²) in [6, 6.07) is 0. The van der Waals surface area contributed by atoms with Crippen LogP contribution in [0.5, 0.6) is 0 Å². The topological polar surface area (TPSA) is 105 Å². The Labute approximate surface area is 47.8 Å². The summed E-state index contributed by atoms with van der Waals surface area (Å²) < 4.78 is 0. The summed E-state index contributed by atoms with van der Waals surface area (Å²) in [5.74, 6) is -0.713. The molecular weight excluding hydrogens is 128 g/mol. The highest BCUT2D eigenvalue weighted by molar-refractivity contribution is 5.07. The molecule has 0 atom stereocenters. The molecule has 0 radical (unpaired) electrons. The lowest BCUT2D eigenvalue weighted by atomic mass is 10.8. The standard InChI is InChI=1S/C2H2N4O3/c7-2-1(6(8)9)3-5-4-2/h(H2,3,4,5,7). The quantitative estimate of drug-likeness (QED) is 0.376. The molecule has 9 heavy (non-hydrogen) atoms. The van der Waals surface area contributed by atoms with Gasteiger partial charge in [-0.3, -0.25) is 4.79 Å². The van der Waals surface area contributed by atoms with Crippen molar-refractivity contribution < 1.29 is 4.92 Å². The molecule has 0 saturated carbocycles. The van der Waals surface area contributed by atoms with Crippen molar-refractivity contribution in [2.75, 3.05) is 0 Å². The molecule has 48 valence electrons. The number of aromatic amines is 2. The third-order valence-electron chi connectivity index (χ3n) is 0.707. The molecule has 7 heteroatoms. The maximum atomic E-state index is 10.3. The summed E-state index contributed by atoms with van der Waals surface area (Å²) in [6.45, 7) is 0. The monoisotopic (exact) mass is 130 g/mol. The predicted octanol–water partition coefficient (Wildman–Crippen LogP) is -0.994. The molecule has 1 rings (SSSR count). The normalized spacial score (nSPS) is 9.33. The van der Waals surface area contributed by atoms with Gasteiger partial charge in [0.15, 0.2) is 0 Å². The Morgan fingerprint density at radius 3 is 2.56 bits per heavy atom. The molecule has 0 fully saturated rings. The first-order valence-corrected chi connectivity index (χ1v) is 1.99. The van der Waals surface area contributed by atoms with Crippen LogP contribution in [-0.4, -0.2) is 20.3 Å². The van der Waals surface area contributed by atoms with Gasteiger partial charge in [-0.2, -0.15) is 0 Å². The Morgan fingerprint density at radius 2 is 2.33 bits per heavy atom. The number of aromatic nitrogens is 3. The van der Waals surface area contributed by atoms with Crippen LogP contribution in [0.15, 0.2) is 4.79 Å². The van der Waals surface area contributed by atoms with E-state index in [2.05, 4.69) is 5.10 Å². The zero-order chi connectivity index (χ0) is 6.85. The summed E-state index contributed by atoms with van der Waals surface area (Å²) in [4.78, 5) is 19.2. The Balaban J connectivity index is 3.24. The van der Waals surface area contributed by atoms with Gasteiger partial charge in [0.25, 0.3) is 0 Å². The zero-order valence-corrected chi connectivity index (χ0v) is 4.12. The molecule has 0 unspecified atom stereocenters. The number of nitrogens with zero attached hydrogens (tertiary/aromatic N) is 2. The van der Waals surface area contributed by atoms with E-state index in [4.69, 9.17) is 0 Å². The second kappa shape index (κ2) is 1.69. The van der Waals surface area contributed by atoms with Crippen LogP contribution in [0.3, 0.4) is 0 Å². The van der Waals surface area contributed by atoms with Crippen molar-refractivity contribution >= 4 is 5.82 Å². The molecule has 0 saturated heterocycles. The molecule has 2 N–H and O–H groups in total. The zero-order valence-electron chi connectivity index (χ0n) is 4.12. The molecule has 0 aliphatic carbocycles. The van der Waals surface area contributed by atoms with Gasteiger partial charge in [0.2, 0.25) is 0 Å². The van der Waals surface area contributed by atoms with E-state index in [0.29, 0.717) is 0 Å². The Hall–Kier alpha value is -1.66. The number of nitro groups is 1. The fraction of sp³-hybridized carbons (Fsp3) is 0. The average molecular weight is 130 g/mol. The number of H-pyrrole nitrogens is 2. The highest BCUT2D eigenvalue weighted by atomic mass is 16.6. The van der Waals surface area contributed by atoms with E-state index < -0.39 is 16.3 Å². The third-order valence-corrected chi connectivity index (χ3v) is 0.707. The minimum Gasteiger partial charge on any atom is -0.358 e. The Morgan fingerprint density at radius 1 is 1.67 bits per heavy atom. The number of rotatable bonds is 1. The summed E-state index contributed by atoms with van der Waals surface area (Å²) in [6.07, 6.45) is 0. The number of hydrogen-bond donors (Lipinski definition) is 2. The van der Waals surface area contributed by atoms with Crippen LogP contribution in [0.25, 0.3) is 0 Å². The molecule has 1 aromatic heterocycles. The fourth-order valence-corrected chi connectivity index (χ4v) is 0.362. The van der Waals surface area contributed by atoms with Gasteiger partial charge in [0.05, 0.1) is 5.10 Å². The summed E-state index contributed by atoms with van der Waals surface area (Å²) in [5.41, 5.74) is -0.819. The molecular formula is C2H2N4O3. The van der Waals surface area contributed by atoms with Crippen molar-refractivity contribution in [2.24, 2.45) is 0 Å². The second-order valence-corrected chi connectivity index (χ2v) is 1.26. The highest BCUT2D eigenvalue weighted by Gasteiger charge is 2.13. The molecule has 0 spiro atoms. The molecule has 0 aliphatic heterocycles. The molecule has 1 aromatic rings. The van der Waals surface area contributed by atoms with Gasteiger partial charge in [-0.05, 0) is 4.92 Å². The van der Waals surface area contributed by atoms with E-state index in [1.54, 1.807) is 0 Å². The first kappa shape index (κ1) is 5.48. The Bertz CT molecular complexity index is 271. The fourth-order valence-electron chi connectivity index (χ4n) is 0.362. The van der Waals surface area contributed by atoms with E-state index in [1.165, 1.54) is 0 Å². The molecule has 0 aliphatic rings. The second-order valence-electron chi connectivity index (χ2n) is 1.26. The van der Waals surface area contributed by atoms with E-state index in [0.717, 1.165) is 0 Å². The van der Waals surface area contributed by atoms with Crippen molar-refractivity contribution in [1.29, 1.82) is 0 Å². The minimum atomic E-state index is -0.866. The maximum absolute atomic E-state index is 10.3. The predicted molar refractivity (Wildman–Crippen MR) is 25.9 cm³/mol. The summed E-state index contributed by atoms with van der Waals surface area (Å²) in [5, 5.41) is 16.7. The van der Waals surface area contributed by atoms with E-state index in [1.807, 2.05) is 10.3 Å². The van der Waals surface area contributed by atoms with Gasteiger partial charge >= 0.3 is 11.4 Å². The number of nitrogens with one attached hydrogen (secondary N) is 2. The molecule has 7 nitrogen and oxygen atoms in total. The van der Waals surface area contributed by atoms with Crippen LogP contribution in [0.2, 0.25) is 0 Å². The molecule has 1 heterocycles. The molecule has 0 bridgehead atoms. The first-order valence-electron chi connectivity index (χ1n) is 1.99. The smallest absolute Gasteiger partial charge is 0.358 e. The van der Waals surface area contributed by atoms with Gasteiger partial charge in [-0.15, -0.1) is 5.21 Å². The lowest BCUT2D eigenvalue weighted by Crippen LogP contribution is -2.04. The maximum Gasteiger partial charge on any atom is 0.456 e. The van der Waals surface area contributed by atoms with E-state index in [-0.39, 0.29) is 0 Å². The summed E-state index contributed by atoms with van der Waals surface area (Å²) >= 11 is 0. The van der Waals surface area contributed by atoms with Gasteiger partial charge in [0, 0.05) is 0 Å². The Kier molecular flexibility index (Phi) is 1.03. The average Bonchev–Trinajstić information content (AvgIpc) is 2.13. The van der Waals surface area contributed by atoms with E-state index >= 15 is 0 Å². The van der Waals surface area contributed by atoms with E-state index in [9.17, 15) is 14.9 Å². The summed E-state index contributed by atoms with van der Waals surface area (Å²) in [7, 11) is 0. The van der Waals surface area contributed by atoms with Crippen molar-refractivity contribution in [2.45, 2.75) is 0 Å². The van der Waals surface area contributed by atoms with Crippen LogP contribution >= 0.6 is 0 Å².